The molecule has 0 bridgehead atoms. The Morgan fingerprint density at radius 2 is 1.59 bits per heavy atom. The molecular weight excluding hydrogens is 286 g/mol. The van der Waals surface area contributed by atoms with Crippen LogP contribution >= 0.6 is 17.0 Å². The van der Waals surface area contributed by atoms with Gasteiger partial charge < -0.3 is 15.5 Å². The minimum absolute atomic E-state index is 0. The Morgan fingerprint density at radius 3 is 2.00 bits per heavy atom. The Bertz CT molecular complexity index is 373. The summed E-state index contributed by atoms with van der Waals surface area (Å²) in [5.74, 6) is -0.375. The van der Waals surface area contributed by atoms with Crippen LogP contribution in [-0.4, -0.2) is 28.1 Å². The number of carbonyl (C=O) groups excluding carboxylic acids is 1. The van der Waals surface area contributed by atoms with Gasteiger partial charge in [-0.05, 0) is 19.1 Å². The number of hydrogen-bond acceptors (Lipinski definition) is 4. The normalized spacial score (nSPS) is 12.0. The number of nitrogens with one attached hydrogen (secondary N) is 1. The summed E-state index contributed by atoms with van der Waals surface area (Å²) < 4.78 is 0. The quantitative estimate of drug-likeness (QED) is 0.746. The molecule has 0 aliphatic heterocycles. The molecular formula is C12H18BrNO3. The largest absolute Gasteiger partial charge is 0.508 e. The Labute approximate surface area is 111 Å². The van der Waals surface area contributed by atoms with Crippen LogP contribution in [-0.2, 0) is 0 Å². The van der Waals surface area contributed by atoms with E-state index in [1.165, 1.54) is 18.2 Å². The minimum atomic E-state index is -0.346. The van der Waals surface area contributed by atoms with E-state index >= 15 is 0 Å². The standard InChI is InChI=1S/C12H17NO3.BrH/c1-7(2)13-8(3)12(16)9-4-10(14)6-11(15)5-9;/h4-8,13-15H,1-3H3;1H. The molecule has 1 atom stereocenters. The van der Waals surface area contributed by atoms with Crippen molar-refractivity contribution in [2.75, 3.05) is 0 Å². The molecule has 1 aromatic carbocycles. The molecule has 0 heterocycles. The van der Waals surface area contributed by atoms with Gasteiger partial charge in [0.1, 0.15) is 11.5 Å². The van der Waals surface area contributed by atoms with Gasteiger partial charge in [0.15, 0.2) is 5.78 Å². The van der Waals surface area contributed by atoms with Crippen LogP contribution in [0.5, 0.6) is 11.5 Å². The fourth-order valence-corrected chi connectivity index (χ4v) is 1.56. The summed E-state index contributed by atoms with van der Waals surface area (Å²) in [5.41, 5.74) is 0.304. The van der Waals surface area contributed by atoms with E-state index in [0.29, 0.717) is 5.56 Å². The van der Waals surface area contributed by atoms with Crippen LogP contribution in [0.2, 0.25) is 0 Å². The lowest BCUT2D eigenvalue weighted by molar-refractivity contribution is 0.0946. The number of phenols is 2. The number of benzene rings is 1. The fourth-order valence-electron chi connectivity index (χ4n) is 1.56. The van der Waals surface area contributed by atoms with Crippen molar-refractivity contribution in [3.8, 4) is 11.5 Å². The van der Waals surface area contributed by atoms with E-state index < -0.39 is 0 Å². The zero-order chi connectivity index (χ0) is 12.3. The van der Waals surface area contributed by atoms with Crippen molar-refractivity contribution in [1.29, 1.82) is 0 Å². The molecule has 1 rings (SSSR count). The molecule has 0 fully saturated rings. The van der Waals surface area contributed by atoms with E-state index in [1.54, 1.807) is 6.92 Å². The fraction of sp³-hybridized carbons (Fsp3) is 0.417. The van der Waals surface area contributed by atoms with Gasteiger partial charge in [0, 0.05) is 17.7 Å². The summed E-state index contributed by atoms with van der Waals surface area (Å²) >= 11 is 0. The first-order chi connectivity index (χ1) is 7.40. The van der Waals surface area contributed by atoms with E-state index in [-0.39, 0.29) is 46.3 Å². The summed E-state index contributed by atoms with van der Waals surface area (Å²) in [6.07, 6.45) is 0. The maximum absolute atomic E-state index is 11.9. The molecule has 0 saturated heterocycles. The molecule has 17 heavy (non-hydrogen) atoms. The average molecular weight is 304 g/mol. The third-order valence-electron chi connectivity index (χ3n) is 2.16. The Morgan fingerprint density at radius 1 is 1.12 bits per heavy atom. The van der Waals surface area contributed by atoms with E-state index in [2.05, 4.69) is 5.32 Å². The lowest BCUT2D eigenvalue weighted by atomic mass is 10.0. The van der Waals surface area contributed by atoms with Gasteiger partial charge >= 0.3 is 0 Å². The highest BCUT2D eigenvalue weighted by Crippen LogP contribution is 2.21. The van der Waals surface area contributed by atoms with Gasteiger partial charge in [-0.3, -0.25) is 4.79 Å². The average Bonchev–Trinajstić information content (AvgIpc) is 2.13. The number of phenolic OH excluding ortho intramolecular Hbond substituents is 2. The predicted molar refractivity (Wildman–Crippen MR) is 72.2 cm³/mol. The molecule has 96 valence electrons. The molecule has 0 amide bonds. The highest BCUT2D eigenvalue weighted by atomic mass is 79.9. The first-order valence-corrected chi connectivity index (χ1v) is 5.23. The molecule has 0 aliphatic carbocycles. The molecule has 3 N–H and O–H groups in total. The van der Waals surface area contributed by atoms with Crippen LogP contribution in [0.4, 0.5) is 0 Å². The molecule has 1 unspecified atom stereocenters. The van der Waals surface area contributed by atoms with E-state index in [0.717, 1.165) is 0 Å². The van der Waals surface area contributed by atoms with Crippen molar-refractivity contribution in [1.82, 2.24) is 5.32 Å². The highest BCUT2D eigenvalue weighted by Gasteiger charge is 2.16. The molecule has 1 aromatic rings. The topological polar surface area (TPSA) is 69.6 Å². The first kappa shape index (κ1) is 15.9. The molecule has 0 aliphatic rings. The van der Waals surface area contributed by atoms with E-state index in [9.17, 15) is 15.0 Å². The van der Waals surface area contributed by atoms with Gasteiger partial charge in [0.05, 0.1) is 6.04 Å². The molecule has 0 radical (unpaired) electrons. The van der Waals surface area contributed by atoms with Gasteiger partial charge in [-0.2, -0.15) is 0 Å². The minimum Gasteiger partial charge on any atom is -0.508 e. The lowest BCUT2D eigenvalue weighted by Gasteiger charge is -2.15. The van der Waals surface area contributed by atoms with Crippen molar-refractivity contribution in [3.63, 3.8) is 0 Å². The number of aromatic hydroxyl groups is 2. The zero-order valence-corrected chi connectivity index (χ0v) is 11.8. The molecule has 0 aromatic heterocycles. The van der Waals surface area contributed by atoms with Crippen LogP contribution in [0.1, 0.15) is 31.1 Å². The number of rotatable bonds is 4. The summed E-state index contributed by atoms with van der Waals surface area (Å²) in [7, 11) is 0. The van der Waals surface area contributed by atoms with Crippen LogP contribution in [0.25, 0.3) is 0 Å². The van der Waals surface area contributed by atoms with Crippen molar-refractivity contribution in [2.45, 2.75) is 32.9 Å². The first-order valence-electron chi connectivity index (χ1n) is 5.23. The summed E-state index contributed by atoms with van der Waals surface area (Å²) in [4.78, 5) is 11.9. The summed E-state index contributed by atoms with van der Waals surface area (Å²) in [6.45, 7) is 5.65. The molecule has 0 spiro atoms. The lowest BCUT2D eigenvalue weighted by Crippen LogP contribution is -2.38. The van der Waals surface area contributed by atoms with Crippen molar-refractivity contribution in [3.05, 3.63) is 23.8 Å². The highest BCUT2D eigenvalue weighted by molar-refractivity contribution is 8.93. The van der Waals surface area contributed by atoms with Gasteiger partial charge in [-0.1, -0.05) is 13.8 Å². The Balaban J connectivity index is 0.00000256. The van der Waals surface area contributed by atoms with E-state index in [4.69, 9.17) is 0 Å². The van der Waals surface area contributed by atoms with Crippen LogP contribution in [0, 0.1) is 0 Å². The van der Waals surface area contributed by atoms with Crippen LogP contribution < -0.4 is 5.32 Å². The molecule has 0 saturated carbocycles. The Kier molecular flexibility index (Phi) is 6.20. The number of carbonyl (C=O) groups is 1. The summed E-state index contributed by atoms with van der Waals surface area (Å²) in [5, 5.41) is 21.6. The predicted octanol–water partition coefficient (Wildman–Crippen LogP) is 2.24. The molecule has 5 heteroatoms. The second-order valence-electron chi connectivity index (χ2n) is 4.15. The molecule has 4 nitrogen and oxygen atoms in total. The number of halogens is 1. The smallest absolute Gasteiger partial charge is 0.179 e. The van der Waals surface area contributed by atoms with E-state index in [1.807, 2.05) is 13.8 Å². The van der Waals surface area contributed by atoms with Gasteiger partial charge in [0.25, 0.3) is 0 Å². The second-order valence-corrected chi connectivity index (χ2v) is 4.15. The number of Topliss-reactive ketones (excluding diaryl/α,β-unsaturated/α-hetero) is 1. The SMILES string of the molecule is Br.CC(C)NC(C)C(=O)c1cc(O)cc(O)c1. The zero-order valence-electron chi connectivity index (χ0n) is 10.1. The van der Waals surface area contributed by atoms with Crippen LogP contribution in [0.3, 0.4) is 0 Å². The van der Waals surface area contributed by atoms with Crippen molar-refractivity contribution < 1.29 is 15.0 Å². The third-order valence-corrected chi connectivity index (χ3v) is 2.16. The maximum Gasteiger partial charge on any atom is 0.179 e. The van der Waals surface area contributed by atoms with Crippen molar-refractivity contribution in [2.24, 2.45) is 0 Å². The van der Waals surface area contributed by atoms with Crippen molar-refractivity contribution >= 4 is 22.8 Å². The van der Waals surface area contributed by atoms with Crippen LogP contribution in [0.15, 0.2) is 18.2 Å². The second kappa shape index (κ2) is 6.61. The van der Waals surface area contributed by atoms with Gasteiger partial charge in [-0.15, -0.1) is 17.0 Å². The van der Waals surface area contributed by atoms with Gasteiger partial charge in [-0.25, -0.2) is 0 Å². The number of hydrogen-bond donors (Lipinski definition) is 3. The van der Waals surface area contributed by atoms with Gasteiger partial charge in [0.2, 0.25) is 0 Å². The third kappa shape index (κ3) is 4.75. The Hall–Kier alpha value is -1.07. The summed E-state index contributed by atoms with van der Waals surface area (Å²) in [6, 6.07) is 3.74. The maximum atomic E-state index is 11.9. The monoisotopic (exact) mass is 303 g/mol. The number of ketones is 1.